The molecule has 20 rings (SSSR count). The predicted octanol–water partition coefficient (Wildman–Crippen LogP) is 16.4. The van der Waals surface area contributed by atoms with Gasteiger partial charge in [-0.1, -0.05) is 59.8 Å². The van der Waals surface area contributed by atoms with Gasteiger partial charge in [-0.25, -0.2) is 39.3 Å². The van der Waals surface area contributed by atoms with Gasteiger partial charge in [0.15, 0.2) is 6.39 Å². The topological polar surface area (TPSA) is 376 Å². The molecule has 0 spiro atoms. The molecule has 0 radical (unpaired) electrons. The highest BCUT2D eigenvalue weighted by Gasteiger charge is 1.90. The summed E-state index contributed by atoms with van der Waals surface area (Å²) in [4.78, 5) is 46.1. The number of hydrogen-bond donors (Lipinski definition) is 5. The number of aromatic amines is 5. The SMILES string of the molecule is c1c[nH]cn1.c1cc[nH]c1.c1ccc2occc2c1.c1ccc2sccc2c1.c1ccncc1.c1ccnnc1.c1ccoc1.c1ccsc1.c1cn[nH]c1.c1cn[nH]n1.c1cnccn1.c1cncnc1.c1cncnc1.c1cnoc1.c1cnsc1.c1cocn1.c1cscn1.c1nc[nH]n1. The van der Waals surface area contributed by atoms with E-state index < -0.39 is 0 Å². The van der Waals surface area contributed by atoms with Crippen molar-refractivity contribution in [3.63, 3.8) is 0 Å². The lowest BCUT2D eigenvalue weighted by Gasteiger charge is -1.82. The molecular weight excluding hydrogens is 1380 g/mol. The summed E-state index contributed by atoms with van der Waals surface area (Å²) in [5, 5.41) is 44.5. The highest BCUT2D eigenvalue weighted by molar-refractivity contribution is 7.17. The van der Waals surface area contributed by atoms with Crippen LogP contribution in [0.4, 0.5) is 0 Å². The van der Waals surface area contributed by atoms with Crippen LogP contribution in [0.5, 0.6) is 0 Å². The van der Waals surface area contributed by atoms with Crippen molar-refractivity contribution in [3.05, 3.63) is 408 Å². The minimum absolute atomic E-state index is 0.956. The zero-order valence-electron chi connectivity index (χ0n) is 54.9. The summed E-state index contributed by atoms with van der Waals surface area (Å²) < 4.78 is 23.6. The number of benzene rings is 2. The van der Waals surface area contributed by atoms with Gasteiger partial charge in [-0.15, -0.1) is 22.7 Å². The molecular formula is C71H72N24O4S4. The number of hydrogen-bond acceptors (Lipinski definition) is 27. The number of thiophene rings is 2. The van der Waals surface area contributed by atoms with Crippen molar-refractivity contribution < 1.29 is 17.8 Å². The Morgan fingerprint density at radius 1 is 0.320 bits per heavy atom. The number of aromatic nitrogens is 24. The summed E-state index contributed by atoms with van der Waals surface area (Å²) in [5.74, 6) is 0. The van der Waals surface area contributed by atoms with E-state index in [9.17, 15) is 0 Å². The molecule has 0 bridgehead atoms. The zero-order valence-corrected chi connectivity index (χ0v) is 58.2. The Kier molecular flexibility index (Phi) is 57.3. The van der Waals surface area contributed by atoms with Gasteiger partial charge in [0.25, 0.3) is 0 Å². The second kappa shape index (κ2) is 70.8. The third-order valence-electron chi connectivity index (χ3n) is 9.42. The molecule has 0 aliphatic rings. The van der Waals surface area contributed by atoms with Gasteiger partial charge in [0.2, 0.25) is 0 Å². The van der Waals surface area contributed by atoms with Crippen LogP contribution in [0.2, 0.25) is 0 Å². The molecule has 32 heteroatoms. The van der Waals surface area contributed by atoms with E-state index in [0.29, 0.717) is 0 Å². The van der Waals surface area contributed by atoms with Crippen LogP contribution in [0.15, 0.2) is 426 Å². The fourth-order valence-electron chi connectivity index (χ4n) is 5.34. The normalized spacial score (nSPS) is 8.39. The first-order valence-electron chi connectivity index (χ1n) is 29.7. The number of para-hydroxylation sites is 1. The molecule has 524 valence electrons. The zero-order chi connectivity index (χ0) is 72.3. The van der Waals surface area contributed by atoms with Crippen LogP contribution >= 0.6 is 45.5 Å². The van der Waals surface area contributed by atoms with Crippen molar-refractivity contribution in [1.82, 2.24) is 120 Å². The third-order valence-corrected chi connectivity index (χ3v) is 12.0. The molecule has 0 aliphatic heterocycles. The standard InChI is InChI=1S/C8H6O.C8H6S.C5H5N.4C4H4N2.C4H5N.C4H4O.C4H4S.2C3H4N2.2C3H3NO.2C3H3NS.2C2H3N3/c2*1-2-4-8-7(3-1)5-6-9-8;1-2-4-6-5-3-1;1-2-6-4-3-5-1;2*1-2-5-4-6-3-1;1-2-4-6-5-3-1;3*1-2-4-5-3-1;1-2-5-3-4-1;1-2-4-5-3-1;1-2-5-3-4-1;1-2-4-5-3-1;1-2-5-3-4-1;1-2-4-5-3-1;1-3-2-5-4-1;1-2-4-5-3-1/h2*1-6H;1-5H;4*1-4H;1-5H;2*1-4H;2*1-3H,(H,4,5);4*1-3H;2*1-2H,(H,3,4,5). The quantitative estimate of drug-likeness (QED) is 0.0941. The number of nitrogens with one attached hydrogen (secondary N) is 5. The average molecular weight is 1450 g/mol. The molecule has 5 N–H and O–H groups in total. The summed E-state index contributed by atoms with van der Waals surface area (Å²) >= 11 is 6.57. The Hall–Kier alpha value is -14.0. The van der Waals surface area contributed by atoms with Gasteiger partial charge in [0.1, 0.15) is 43.4 Å². The van der Waals surface area contributed by atoms with E-state index in [1.807, 2.05) is 143 Å². The Morgan fingerprint density at radius 2 is 1.01 bits per heavy atom. The molecule has 2 aromatic carbocycles. The largest absolute Gasteiger partial charge is 0.473 e. The fraction of sp³-hybridized carbons (Fsp3) is 0. The molecule has 0 saturated heterocycles. The number of rotatable bonds is 0. The first-order chi connectivity index (χ1) is 51.4. The second-order valence-electron chi connectivity index (χ2n) is 16.6. The van der Waals surface area contributed by atoms with Gasteiger partial charge in [0, 0.05) is 145 Å². The monoisotopic (exact) mass is 1450 g/mol. The van der Waals surface area contributed by atoms with Crippen molar-refractivity contribution >= 4 is 66.6 Å². The predicted molar refractivity (Wildman–Crippen MR) is 401 cm³/mol. The summed E-state index contributed by atoms with van der Waals surface area (Å²) in [5.41, 5.74) is 2.75. The summed E-state index contributed by atoms with van der Waals surface area (Å²) in [6.07, 6.45) is 57.6. The van der Waals surface area contributed by atoms with E-state index in [0.717, 1.165) is 11.0 Å². The Labute approximate surface area is 609 Å². The molecule has 0 unspecified atom stereocenters. The van der Waals surface area contributed by atoms with Gasteiger partial charge in [-0.2, -0.15) is 47.1 Å². The van der Waals surface area contributed by atoms with Crippen LogP contribution in [0.25, 0.3) is 21.1 Å². The van der Waals surface area contributed by atoms with E-state index in [-0.39, 0.29) is 0 Å². The first kappa shape index (κ1) is 83.3. The number of furan rings is 2. The van der Waals surface area contributed by atoms with Gasteiger partial charge in [-0.3, -0.25) is 30.1 Å². The van der Waals surface area contributed by atoms with Crippen molar-refractivity contribution in [1.29, 1.82) is 0 Å². The highest BCUT2D eigenvalue weighted by Crippen LogP contribution is 2.19. The number of nitrogens with zero attached hydrogens (tertiary/aromatic N) is 19. The molecule has 0 aliphatic carbocycles. The Balaban J connectivity index is 0.000000284. The van der Waals surface area contributed by atoms with E-state index >= 15 is 0 Å². The van der Waals surface area contributed by atoms with Crippen LogP contribution in [-0.4, -0.2) is 120 Å². The number of oxazole rings is 1. The molecule has 18 heterocycles. The number of imidazole rings is 1. The minimum Gasteiger partial charge on any atom is -0.473 e. The molecule has 0 amide bonds. The number of thiazole rings is 1. The molecule has 28 nitrogen and oxygen atoms in total. The van der Waals surface area contributed by atoms with E-state index in [1.165, 1.54) is 65.8 Å². The van der Waals surface area contributed by atoms with E-state index in [2.05, 4.69) is 169 Å². The first-order valence-corrected chi connectivity index (χ1v) is 33.3. The highest BCUT2D eigenvalue weighted by atomic mass is 32.1. The second-order valence-corrected chi connectivity index (χ2v) is 19.8. The van der Waals surface area contributed by atoms with Crippen LogP contribution in [0.1, 0.15) is 0 Å². The van der Waals surface area contributed by atoms with Crippen LogP contribution in [0.3, 0.4) is 0 Å². The maximum Gasteiger partial charge on any atom is 0.180 e. The molecule has 20 aromatic rings. The lowest BCUT2D eigenvalue weighted by Crippen LogP contribution is -1.69. The van der Waals surface area contributed by atoms with E-state index in [1.54, 1.807) is 219 Å². The maximum absolute atomic E-state index is 5.12. The van der Waals surface area contributed by atoms with Gasteiger partial charge in [0.05, 0.1) is 55.4 Å². The Bertz CT molecular complexity index is 3270. The molecule has 0 fully saturated rings. The average Bonchev–Trinajstić information content (AvgIpc) is 2.01. The van der Waals surface area contributed by atoms with Crippen molar-refractivity contribution in [2.24, 2.45) is 0 Å². The minimum atomic E-state index is 0.956. The summed E-state index contributed by atoms with van der Waals surface area (Å²) in [6, 6.07) is 50.4. The Morgan fingerprint density at radius 3 is 1.30 bits per heavy atom. The number of fused-ring (bicyclic) bond motifs is 2. The molecule has 103 heavy (non-hydrogen) atoms. The molecule has 0 atom stereocenters. The van der Waals surface area contributed by atoms with Gasteiger partial charge in [-0.05, 0) is 136 Å². The van der Waals surface area contributed by atoms with Crippen LogP contribution < -0.4 is 0 Å². The van der Waals surface area contributed by atoms with E-state index in [4.69, 9.17) is 4.42 Å². The molecule has 18 aromatic heterocycles. The van der Waals surface area contributed by atoms with Crippen molar-refractivity contribution in [3.8, 4) is 0 Å². The summed E-state index contributed by atoms with van der Waals surface area (Å²) in [7, 11) is 0. The number of pyridine rings is 1. The van der Waals surface area contributed by atoms with Gasteiger partial charge >= 0.3 is 0 Å². The molecule has 0 saturated carbocycles. The van der Waals surface area contributed by atoms with Crippen LogP contribution in [-0.2, 0) is 0 Å². The third kappa shape index (κ3) is 59.1. The lowest BCUT2D eigenvalue weighted by atomic mass is 10.3. The van der Waals surface area contributed by atoms with Crippen molar-refractivity contribution in [2.75, 3.05) is 0 Å². The smallest absolute Gasteiger partial charge is 0.180 e. The van der Waals surface area contributed by atoms with Crippen LogP contribution in [0, 0.1) is 0 Å². The fourth-order valence-corrected chi connectivity index (χ4v) is 7.28. The van der Waals surface area contributed by atoms with Crippen molar-refractivity contribution in [2.45, 2.75) is 0 Å². The number of H-pyrrole nitrogens is 5. The maximum atomic E-state index is 5.12. The summed E-state index contributed by atoms with van der Waals surface area (Å²) in [6.45, 7) is 0. The lowest BCUT2D eigenvalue weighted by molar-refractivity contribution is 0.420. The van der Waals surface area contributed by atoms with Gasteiger partial charge < -0.3 is 27.7 Å².